The number of hydrogen-bond acceptors (Lipinski definition) is 2. The Kier molecular flexibility index (Phi) is 4.78. The summed E-state index contributed by atoms with van der Waals surface area (Å²) in [6.07, 6.45) is 0. The first-order chi connectivity index (χ1) is 9.54. The summed E-state index contributed by atoms with van der Waals surface area (Å²) >= 11 is 5.50. The molecule has 0 fully saturated rings. The van der Waals surface area contributed by atoms with Crippen molar-refractivity contribution < 1.29 is 4.79 Å². The van der Waals surface area contributed by atoms with Crippen molar-refractivity contribution in [1.29, 1.82) is 5.26 Å². The van der Waals surface area contributed by atoms with E-state index >= 15 is 0 Å². The molecule has 0 aliphatic heterocycles. The molecule has 0 N–H and O–H groups in total. The highest BCUT2D eigenvalue weighted by atomic mass is 127. The predicted molar refractivity (Wildman–Crippen MR) is 90.7 cm³/mol. The molecule has 0 aliphatic carbocycles. The Bertz CT molecular complexity index is 709. The first-order valence-electron chi connectivity index (χ1n) is 5.77. The molecule has 0 radical (unpaired) electrons. The summed E-state index contributed by atoms with van der Waals surface area (Å²) in [6, 6.07) is 14.7. The minimum Gasteiger partial charge on any atom is -0.310 e. The summed E-state index contributed by atoms with van der Waals surface area (Å²) in [5.74, 6) is -0.140. The van der Waals surface area contributed by atoms with Crippen molar-refractivity contribution in [3.63, 3.8) is 0 Å². The van der Waals surface area contributed by atoms with E-state index in [0.717, 1.165) is 8.04 Å². The highest BCUT2D eigenvalue weighted by molar-refractivity contribution is 14.1. The number of para-hydroxylation sites is 1. The van der Waals surface area contributed by atoms with Gasteiger partial charge < -0.3 is 4.90 Å². The molecule has 3 nitrogen and oxygen atoms in total. The van der Waals surface area contributed by atoms with E-state index in [1.165, 1.54) is 4.90 Å². The second-order valence-corrected chi connectivity index (χ2v) is 6.20. The molecule has 2 aromatic rings. The van der Waals surface area contributed by atoms with Gasteiger partial charge in [0.2, 0.25) is 0 Å². The highest BCUT2D eigenvalue weighted by Crippen LogP contribution is 2.24. The Morgan fingerprint density at radius 1 is 1.30 bits per heavy atom. The van der Waals surface area contributed by atoms with Crippen LogP contribution in [0.15, 0.2) is 46.9 Å². The number of carbonyl (C=O) groups excluding carboxylic acids is 1. The van der Waals surface area contributed by atoms with Crippen LogP contribution < -0.4 is 4.90 Å². The monoisotopic (exact) mass is 440 g/mol. The maximum Gasteiger partial charge on any atom is 0.259 e. The van der Waals surface area contributed by atoms with Gasteiger partial charge in [0.05, 0.1) is 16.8 Å². The lowest BCUT2D eigenvalue weighted by molar-refractivity contribution is 0.0992. The molecule has 20 heavy (non-hydrogen) atoms. The highest BCUT2D eigenvalue weighted by Gasteiger charge is 2.18. The third kappa shape index (κ3) is 3.02. The van der Waals surface area contributed by atoms with Crippen LogP contribution in [0.2, 0.25) is 0 Å². The quantitative estimate of drug-likeness (QED) is 0.657. The minimum absolute atomic E-state index is 0.140. The van der Waals surface area contributed by atoms with E-state index in [9.17, 15) is 4.79 Å². The van der Waals surface area contributed by atoms with Crippen molar-refractivity contribution >= 4 is 50.1 Å². The largest absolute Gasteiger partial charge is 0.310 e. The Hall–Kier alpha value is -1.39. The molecule has 1 amide bonds. The molecule has 0 saturated carbocycles. The van der Waals surface area contributed by atoms with Crippen LogP contribution in [0.4, 0.5) is 5.69 Å². The van der Waals surface area contributed by atoms with Crippen LogP contribution in [0.1, 0.15) is 15.9 Å². The zero-order valence-electron chi connectivity index (χ0n) is 10.6. The van der Waals surface area contributed by atoms with Crippen LogP contribution in [0.3, 0.4) is 0 Å². The number of halogens is 2. The van der Waals surface area contributed by atoms with Crippen molar-refractivity contribution in [3.8, 4) is 6.07 Å². The molecule has 0 unspecified atom stereocenters. The maximum atomic E-state index is 12.6. The van der Waals surface area contributed by atoms with Crippen LogP contribution >= 0.6 is 38.5 Å². The molecule has 0 bridgehead atoms. The normalized spacial score (nSPS) is 9.90. The number of hydrogen-bond donors (Lipinski definition) is 0. The Labute approximate surface area is 139 Å². The molecule has 5 heteroatoms. The van der Waals surface area contributed by atoms with Crippen molar-refractivity contribution in [2.45, 2.75) is 0 Å². The van der Waals surface area contributed by atoms with Gasteiger partial charge in [0.15, 0.2) is 0 Å². The third-order valence-electron chi connectivity index (χ3n) is 2.85. The van der Waals surface area contributed by atoms with E-state index in [-0.39, 0.29) is 5.91 Å². The van der Waals surface area contributed by atoms with Gasteiger partial charge >= 0.3 is 0 Å². The number of rotatable bonds is 2. The number of nitrogens with zero attached hydrogens (tertiary/aromatic N) is 2. The van der Waals surface area contributed by atoms with E-state index in [2.05, 4.69) is 44.6 Å². The number of amides is 1. The van der Waals surface area contributed by atoms with Gasteiger partial charge in [0.1, 0.15) is 6.07 Å². The van der Waals surface area contributed by atoms with Crippen molar-refractivity contribution in [3.05, 3.63) is 61.6 Å². The summed E-state index contributed by atoms with van der Waals surface area (Å²) in [7, 11) is 1.68. The number of carbonyl (C=O) groups is 1. The van der Waals surface area contributed by atoms with Gasteiger partial charge in [-0.15, -0.1) is 0 Å². The zero-order valence-corrected chi connectivity index (χ0v) is 14.3. The van der Waals surface area contributed by atoms with Crippen molar-refractivity contribution in [2.75, 3.05) is 11.9 Å². The fourth-order valence-corrected chi connectivity index (χ4v) is 2.74. The summed E-state index contributed by atoms with van der Waals surface area (Å²) in [6.45, 7) is 0. The van der Waals surface area contributed by atoms with Crippen LogP contribution in [-0.2, 0) is 0 Å². The van der Waals surface area contributed by atoms with Crippen LogP contribution in [0.5, 0.6) is 0 Å². The van der Waals surface area contributed by atoms with Gasteiger partial charge in [-0.25, -0.2) is 0 Å². The standard InChI is InChI=1S/C15H10BrIN2O/c1-19(14-5-3-2-4-10(14)9-18)15(20)12-8-11(16)6-7-13(12)17/h2-8H,1H3. The number of anilines is 1. The van der Waals surface area contributed by atoms with Gasteiger partial charge in [-0.2, -0.15) is 5.26 Å². The summed E-state index contributed by atoms with van der Waals surface area (Å²) < 4.78 is 1.72. The molecule has 100 valence electrons. The lowest BCUT2D eigenvalue weighted by atomic mass is 10.1. The molecule has 0 spiro atoms. The van der Waals surface area contributed by atoms with Gasteiger partial charge in [-0.05, 0) is 52.9 Å². The zero-order chi connectivity index (χ0) is 14.7. The Morgan fingerprint density at radius 2 is 2.00 bits per heavy atom. The molecule has 2 aromatic carbocycles. The molecule has 0 saturated heterocycles. The first kappa shape index (κ1) is 15.0. The van der Waals surface area contributed by atoms with Crippen LogP contribution in [0, 0.1) is 14.9 Å². The SMILES string of the molecule is CN(C(=O)c1cc(Br)ccc1I)c1ccccc1C#N. The van der Waals surface area contributed by atoms with Gasteiger partial charge in [-0.3, -0.25) is 4.79 Å². The van der Waals surface area contributed by atoms with Crippen LogP contribution in [-0.4, -0.2) is 13.0 Å². The fraction of sp³-hybridized carbons (Fsp3) is 0.0667. The molecular weight excluding hydrogens is 431 g/mol. The van der Waals surface area contributed by atoms with E-state index in [0.29, 0.717) is 16.8 Å². The van der Waals surface area contributed by atoms with Gasteiger partial charge in [0, 0.05) is 15.1 Å². The average Bonchev–Trinajstić information content (AvgIpc) is 2.48. The molecule has 0 heterocycles. The molecular formula is C15H10BrIN2O. The smallest absolute Gasteiger partial charge is 0.259 e. The molecule has 0 aromatic heterocycles. The first-order valence-corrected chi connectivity index (χ1v) is 7.64. The minimum atomic E-state index is -0.140. The molecule has 2 rings (SSSR count). The average molecular weight is 441 g/mol. The second kappa shape index (κ2) is 6.37. The van der Waals surface area contributed by atoms with E-state index < -0.39 is 0 Å². The van der Waals surface area contributed by atoms with Crippen molar-refractivity contribution in [1.82, 2.24) is 0 Å². The number of nitriles is 1. The fourth-order valence-electron chi connectivity index (χ4n) is 1.81. The van der Waals surface area contributed by atoms with Gasteiger partial charge in [-0.1, -0.05) is 28.1 Å². The molecule has 0 aliphatic rings. The van der Waals surface area contributed by atoms with Gasteiger partial charge in [0.25, 0.3) is 5.91 Å². The van der Waals surface area contributed by atoms with Crippen LogP contribution in [0.25, 0.3) is 0 Å². The second-order valence-electron chi connectivity index (χ2n) is 4.12. The van der Waals surface area contributed by atoms with E-state index in [1.54, 1.807) is 31.3 Å². The summed E-state index contributed by atoms with van der Waals surface area (Å²) in [5, 5.41) is 9.12. The lowest BCUT2D eigenvalue weighted by Crippen LogP contribution is -2.27. The Balaban J connectivity index is 2.43. The van der Waals surface area contributed by atoms with E-state index in [1.807, 2.05) is 18.2 Å². The Morgan fingerprint density at radius 3 is 2.70 bits per heavy atom. The summed E-state index contributed by atoms with van der Waals surface area (Å²) in [4.78, 5) is 14.1. The predicted octanol–water partition coefficient (Wildman–Crippen LogP) is 4.20. The third-order valence-corrected chi connectivity index (χ3v) is 4.28. The van der Waals surface area contributed by atoms with Crippen molar-refractivity contribution in [2.24, 2.45) is 0 Å². The summed E-state index contributed by atoms with van der Waals surface area (Å²) in [5.41, 5.74) is 1.69. The van der Waals surface area contributed by atoms with E-state index in [4.69, 9.17) is 5.26 Å². The topological polar surface area (TPSA) is 44.1 Å². The maximum absolute atomic E-state index is 12.6. The molecule has 0 atom stereocenters. The lowest BCUT2D eigenvalue weighted by Gasteiger charge is -2.19. The number of benzene rings is 2.